The normalized spacial score (nSPS) is 12.0. The maximum Gasteiger partial charge on any atom is 0.387 e. The van der Waals surface area contributed by atoms with Gasteiger partial charge in [-0.15, -0.1) is 0 Å². The molecule has 0 unspecified atom stereocenters. The lowest BCUT2D eigenvalue weighted by atomic mass is 10.1. The van der Waals surface area contributed by atoms with Crippen LogP contribution in [-0.4, -0.2) is 31.7 Å². The number of ketones is 1. The minimum atomic E-state index is -3.02. The number of anilines is 1. The van der Waals surface area contributed by atoms with Crippen molar-refractivity contribution in [3.05, 3.63) is 41.5 Å². The van der Waals surface area contributed by atoms with Gasteiger partial charge in [0.15, 0.2) is 28.8 Å². The summed E-state index contributed by atoms with van der Waals surface area (Å²) in [7, 11) is 0. The van der Waals surface area contributed by atoms with Crippen molar-refractivity contribution in [2.75, 3.05) is 18.7 Å². The highest BCUT2D eigenvalue weighted by Gasteiger charge is 2.21. The van der Waals surface area contributed by atoms with Gasteiger partial charge in [-0.05, 0) is 38.1 Å². The number of rotatable bonds is 7. The molecule has 0 spiro atoms. The molecule has 0 aliphatic carbocycles. The second-order valence-corrected chi connectivity index (χ2v) is 5.73. The zero-order chi connectivity index (χ0) is 20.3. The third kappa shape index (κ3) is 4.13. The molecule has 7 nitrogen and oxygen atoms in total. The molecule has 0 radical (unpaired) electrons. The van der Waals surface area contributed by atoms with Crippen LogP contribution >= 0.6 is 0 Å². The van der Waals surface area contributed by atoms with Gasteiger partial charge in [0.05, 0.1) is 12.3 Å². The lowest BCUT2D eigenvalue weighted by molar-refractivity contribution is -0.0514. The standard InChI is InChI=1S/C19H17F2NO6/c1-3-25-15-6-11(4-5-14(15)28-19(20)21)18(24)22-13-8-17-16(26-9-27-17)7-12(13)10(2)23/h4-8,19H,3,9H2,1-2H3,(H,22,24). The van der Waals surface area contributed by atoms with Crippen LogP contribution in [0.5, 0.6) is 23.0 Å². The minimum Gasteiger partial charge on any atom is -0.490 e. The van der Waals surface area contributed by atoms with Crippen molar-refractivity contribution in [2.24, 2.45) is 0 Å². The number of alkyl halides is 2. The van der Waals surface area contributed by atoms with Crippen LogP contribution in [0.4, 0.5) is 14.5 Å². The van der Waals surface area contributed by atoms with Crippen molar-refractivity contribution in [1.82, 2.24) is 0 Å². The molecule has 0 atom stereocenters. The van der Waals surface area contributed by atoms with Crippen LogP contribution in [0.2, 0.25) is 0 Å². The number of fused-ring (bicyclic) bond motifs is 1. The molecule has 1 aliphatic rings. The van der Waals surface area contributed by atoms with Crippen LogP contribution in [0.3, 0.4) is 0 Å². The van der Waals surface area contributed by atoms with Crippen molar-refractivity contribution >= 4 is 17.4 Å². The van der Waals surface area contributed by atoms with Crippen LogP contribution in [0.15, 0.2) is 30.3 Å². The molecule has 148 valence electrons. The lowest BCUT2D eigenvalue weighted by Gasteiger charge is -2.14. The Bertz CT molecular complexity index is 916. The smallest absolute Gasteiger partial charge is 0.387 e. The van der Waals surface area contributed by atoms with E-state index in [1.54, 1.807) is 6.92 Å². The predicted octanol–water partition coefficient (Wildman–Crippen LogP) is 3.87. The zero-order valence-electron chi connectivity index (χ0n) is 15.1. The highest BCUT2D eigenvalue weighted by Crippen LogP contribution is 2.37. The molecule has 0 saturated heterocycles. The molecule has 2 aromatic rings. The number of amides is 1. The van der Waals surface area contributed by atoms with Gasteiger partial charge in [-0.3, -0.25) is 9.59 Å². The number of carbonyl (C=O) groups is 2. The van der Waals surface area contributed by atoms with Crippen molar-refractivity contribution in [3.8, 4) is 23.0 Å². The van der Waals surface area contributed by atoms with E-state index in [0.29, 0.717) is 11.5 Å². The molecule has 1 amide bonds. The first-order chi connectivity index (χ1) is 13.4. The molecule has 9 heteroatoms. The molecule has 3 rings (SSSR count). The Balaban J connectivity index is 1.89. The molecule has 2 aromatic carbocycles. The zero-order valence-corrected chi connectivity index (χ0v) is 15.1. The summed E-state index contributed by atoms with van der Waals surface area (Å²) in [6.07, 6.45) is 0. The van der Waals surface area contributed by atoms with Gasteiger partial charge in [-0.25, -0.2) is 0 Å². The highest BCUT2D eigenvalue weighted by molar-refractivity contribution is 6.09. The SMILES string of the molecule is CCOc1cc(C(=O)Nc2cc3c(cc2C(C)=O)OCO3)ccc1OC(F)F. The van der Waals surface area contributed by atoms with Crippen molar-refractivity contribution in [2.45, 2.75) is 20.5 Å². The average molecular weight is 393 g/mol. The van der Waals surface area contributed by atoms with Gasteiger partial charge in [0.25, 0.3) is 5.91 Å². The summed E-state index contributed by atoms with van der Waals surface area (Å²) < 4.78 is 45.2. The number of nitrogens with one attached hydrogen (secondary N) is 1. The van der Waals surface area contributed by atoms with E-state index in [1.165, 1.54) is 37.3 Å². The number of halogens is 2. The number of ether oxygens (including phenoxy) is 4. The monoisotopic (exact) mass is 393 g/mol. The Morgan fingerprint density at radius 1 is 1.14 bits per heavy atom. The topological polar surface area (TPSA) is 83.1 Å². The Labute approximate surface area is 159 Å². The first kappa shape index (κ1) is 19.4. The fraction of sp³-hybridized carbons (Fsp3) is 0.263. The molecule has 0 saturated carbocycles. The minimum absolute atomic E-state index is 0.00734. The second-order valence-electron chi connectivity index (χ2n) is 5.73. The number of carbonyl (C=O) groups excluding carboxylic acids is 2. The van der Waals surface area contributed by atoms with Crippen LogP contribution in [0, 0.1) is 0 Å². The first-order valence-corrected chi connectivity index (χ1v) is 8.36. The second kappa shape index (κ2) is 8.12. The van der Waals surface area contributed by atoms with E-state index < -0.39 is 12.5 Å². The number of Topliss-reactive ketones (excluding diaryl/α,β-unsaturated/α-hetero) is 1. The van der Waals surface area contributed by atoms with E-state index in [-0.39, 0.29) is 47.5 Å². The number of hydrogen-bond donors (Lipinski definition) is 1. The molecular weight excluding hydrogens is 376 g/mol. The van der Waals surface area contributed by atoms with Crippen LogP contribution in [0.1, 0.15) is 34.6 Å². The molecule has 28 heavy (non-hydrogen) atoms. The van der Waals surface area contributed by atoms with Crippen LogP contribution < -0.4 is 24.3 Å². The summed E-state index contributed by atoms with van der Waals surface area (Å²) in [6.45, 7) is 0.224. The van der Waals surface area contributed by atoms with Crippen molar-refractivity contribution in [3.63, 3.8) is 0 Å². The Kier molecular flexibility index (Phi) is 5.62. The molecule has 0 fully saturated rings. The summed E-state index contributed by atoms with van der Waals surface area (Å²) in [5, 5.41) is 2.63. The molecule has 0 bridgehead atoms. The first-order valence-electron chi connectivity index (χ1n) is 8.36. The maximum absolute atomic E-state index is 12.6. The van der Waals surface area contributed by atoms with E-state index in [0.717, 1.165) is 0 Å². The fourth-order valence-corrected chi connectivity index (χ4v) is 2.64. The molecule has 1 heterocycles. The Morgan fingerprint density at radius 3 is 2.50 bits per heavy atom. The van der Waals surface area contributed by atoms with Gasteiger partial charge in [-0.1, -0.05) is 0 Å². The van der Waals surface area contributed by atoms with Crippen LogP contribution in [-0.2, 0) is 0 Å². The van der Waals surface area contributed by atoms with Crippen LogP contribution in [0.25, 0.3) is 0 Å². The van der Waals surface area contributed by atoms with Gasteiger partial charge in [0.1, 0.15) is 0 Å². The van der Waals surface area contributed by atoms with E-state index in [4.69, 9.17) is 14.2 Å². The van der Waals surface area contributed by atoms with E-state index in [9.17, 15) is 18.4 Å². The van der Waals surface area contributed by atoms with E-state index in [1.807, 2.05) is 0 Å². The van der Waals surface area contributed by atoms with Gasteiger partial charge < -0.3 is 24.3 Å². The lowest BCUT2D eigenvalue weighted by Crippen LogP contribution is -2.15. The van der Waals surface area contributed by atoms with Crippen molar-refractivity contribution in [1.29, 1.82) is 0 Å². The average Bonchev–Trinajstić information content (AvgIpc) is 3.09. The molecular formula is C19H17F2NO6. The van der Waals surface area contributed by atoms with E-state index in [2.05, 4.69) is 10.1 Å². The summed E-state index contributed by atoms with van der Waals surface area (Å²) in [4.78, 5) is 24.6. The van der Waals surface area contributed by atoms with Crippen molar-refractivity contribution < 1.29 is 37.3 Å². The fourth-order valence-electron chi connectivity index (χ4n) is 2.64. The third-order valence-electron chi connectivity index (χ3n) is 3.86. The van der Waals surface area contributed by atoms with Gasteiger partial charge >= 0.3 is 6.61 Å². The molecule has 1 aliphatic heterocycles. The number of hydrogen-bond acceptors (Lipinski definition) is 6. The molecule has 1 N–H and O–H groups in total. The summed E-state index contributed by atoms with van der Waals surface area (Å²) in [6, 6.07) is 6.81. The van der Waals surface area contributed by atoms with E-state index >= 15 is 0 Å². The van der Waals surface area contributed by atoms with Gasteiger partial charge in [-0.2, -0.15) is 8.78 Å². The maximum atomic E-state index is 12.6. The summed E-state index contributed by atoms with van der Waals surface area (Å²) in [5.41, 5.74) is 0.630. The molecule has 0 aromatic heterocycles. The summed E-state index contributed by atoms with van der Waals surface area (Å²) in [5.74, 6) is -0.199. The Hall–Kier alpha value is -3.36. The third-order valence-corrected chi connectivity index (χ3v) is 3.86. The van der Waals surface area contributed by atoms with Gasteiger partial charge in [0.2, 0.25) is 6.79 Å². The number of benzene rings is 2. The highest BCUT2D eigenvalue weighted by atomic mass is 19.3. The predicted molar refractivity (Wildman–Crippen MR) is 94.8 cm³/mol. The summed E-state index contributed by atoms with van der Waals surface area (Å²) >= 11 is 0. The largest absolute Gasteiger partial charge is 0.490 e. The Morgan fingerprint density at radius 2 is 1.86 bits per heavy atom. The van der Waals surface area contributed by atoms with Gasteiger partial charge in [0, 0.05) is 17.2 Å². The quantitative estimate of drug-likeness (QED) is 0.719.